The number of ether oxygens (including phenoxy) is 1. The Bertz CT molecular complexity index is 726. The molecule has 2 atom stereocenters. The van der Waals surface area contributed by atoms with E-state index in [9.17, 15) is 14.7 Å². The summed E-state index contributed by atoms with van der Waals surface area (Å²) < 4.78 is 5.13. The number of allylic oxidation sites excluding steroid dienone is 2. The standard InChI is InChI=1S/C17H19N3O4/c1-24-13-9-5-4-8-12(13)18-17(23)20-19-14-15(21)10-6-2-3-7-11(10)16(14)22/h4-5,8-11,21H,2-3,6-7H2,1H3,(H,18,23). The first-order chi connectivity index (χ1) is 11.6. The number of nitrogens with zero attached hydrogens (tertiary/aromatic N) is 2. The van der Waals surface area contributed by atoms with Crippen molar-refractivity contribution in [2.24, 2.45) is 22.1 Å². The average molecular weight is 329 g/mol. The summed E-state index contributed by atoms with van der Waals surface area (Å²) in [6.45, 7) is 0. The van der Waals surface area contributed by atoms with Gasteiger partial charge in [-0.15, -0.1) is 5.11 Å². The normalized spacial score (nSPS) is 23.5. The van der Waals surface area contributed by atoms with Crippen LogP contribution in [0.3, 0.4) is 0 Å². The lowest BCUT2D eigenvalue weighted by atomic mass is 9.80. The van der Waals surface area contributed by atoms with Gasteiger partial charge in [-0.05, 0) is 25.0 Å². The number of hydrogen-bond acceptors (Lipinski definition) is 5. The first-order valence-corrected chi connectivity index (χ1v) is 7.95. The molecular formula is C17H19N3O4. The molecule has 2 N–H and O–H groups in total. The van der Waals surface area contributed by atoms with E-state index in [-0.39, 0.29) is 29.1 Å². The highest BCUT2D eigenvalue weighted by Gasteiger charge is 2.43. The van der Waals surface area contributed by atoms with Gasteiger partial charge in [-0.2, -0.15) is 0 Å². The number of ketones is 1. The van der Waals surface area contributed by atoms with Crippen molar-refractivity contribution < 1.29 is 19.4 Å². The third-order valence-corrected chi connectivity index (χ3v) is 4.52. The Labute approximate surface area is 139 Å². The Kier molecular flexibility index (Phi) is 4.59. The summed E-state index contributed by atoms with van der Waals surface area (Å²) in [5.41, 5.74) is 0.371. The number of aliphatic hydroxyl groups excluding tert-OH is 1. The van der Waals surface area contributed by atoms with Crippen molar-refractivity contribution in [1.82, 2.24) is 0 Å². The van der Waals surface area contributed by atoms with Crippen LogP contribution in [0, 0.1) is 11.8 Å². The first kappa shape index (κ1) is 16.2. The van der Waals surface area contributed by atoms with E-state index >= 15 is 0 Å². The molecule has 2 aliphatic carbocycles. The lowest BCUT2D eigenvalue weighted by Crippen LogP contribution is -2.21. The number of azo groups is 1. The van der Waals surface area contributed by atoms with Crippen LogP contribution in [0.4, 0.5) is 10.5 Å². The maximum atomic E-state index is 12.3. The highest BCUT2D eigenvalue weighted by Crippen LogP contribution is 2.42. The van der Waals surface area contributed by atoms with Gasteiger partial charge in [0.25, 0.3) is 0 Å². The van der Waals surface area contributed by atoms with Crippen LogP contribution in [0.1, 0.15) is 25.7 Å². The minimum Gasteiger partial charge on any atom is -0.510 e. The molecule has 0 saturated heterocycles. The lowest BCUT2D eigenvalue weighted by molar-refractivity contribution is -0.120. The monoisotopic (exact) mass is 329 g/mol. The second-order valence-corrected chi connectivity index (χ2v) is 5.93. The van der Waals surface area contributed by atoms with E-state index < -0.39 is 6.03 Å². The molecule has 0 bridgehead atoms. The van der Waals surface area contributed by atoms with Gasteiger partial charge in [0.15, 0.2) is 11.5 Å². The van der Waals surface area contributed by atoms with Gasteiger partial charge in [-0.25, -0.2) is 4.79 Å². The molecule has 126 valence electrons. The van der Waals surface area contributed by atoms with Gasteiger partial charge in [0.1, 0.15) is 11.5 Å². The Hall–Kier alpha value is -2.70. The van der Waals surface area contributed by atoms with Crippen LogP contribution in [0.5, 0.6) is 5.75 Å². The number of carbonyl (C=O) groups excluding carboxylic acids is 2. The molecule has 2 unspecified atom stereocenters. The number of methoxy groups -OCH3 is 1. The van der Waals surface area contributed by atoms with Gasteiger partial charge < -0.3 is 15.2 Å². The summed E-state index contributed by atoms with van der Waals surface area (Å²) in [6.07, 6.45) is 3.48. The number of nitrogens with one attached hydrogen (secondary N) is 1. The topological polar surface area (TPSA) is 100 Å². The minimum atomic E-state index is -0.734. The fraction of sp³-hybridized carbons (Fsp3) is 0.412. The van der Waals surface area contributed by atoms with Gasteiger partial charge in [0.2, 0.25) is 0 Å². The molecule has 7 heteroatoms. The number of urea groups is 1. The van der Waals surface area contributed by atoms with Crippen LogP contribution < -0.4 is 10.1 Å². The smallest absolute Gasteiger partial charge is 0.364 e. The number of fused-ring (bicyclic) bond motifs is 1. The molecule has 3 rings (SSSR count). The van der Waals surface area contributed by atoms with E-state index in [1.807, 2.05) is 0 Å². The summed E-state index contributed by atoms with van der Waals surface area (Å²) in [6, 6.07) is 6.15. The van der Waals surface area contributed by atoms with E-state index in [4.69, 9.17) is 4.74 Å². The maximum absolute atomic E-state index is 12.3. The van der Waals surface area contributed by atoms with Crippen molar-refractivity contribution in [2.75, 3.05) is 12.4 Å². The van der Waals surface area contributed by atoms with E-state index in [0.717, 1.165) is 25.7 Å². The number of amides is 2. The van der Waals surface area contributed by atoms with Crippen LogP contribution in [0.15, 0.2) is 46.0 Å². The van der Waals surface area contributed by atoms with Gasteiger partial charge in [0.05, 0.1) is 12.8 Å². The largest absolute Gasteiger partial charge is 0.510 e. The second kappa shape index (κ2) is 6.82. The fourth-order valence-electron chi connectivity index (χ4n) is 3.33. The van der Waals surface area contributed by atoms with Gasteiger partial charge in [-0.1, -0.05) is 30.1 Å². The summed E-state index contributed by atoms with van der Waals surface area (Å²) in [5, 5.41) is 20.0. The molecule has 0 radical (unpaired) electrons. The molecule has 1 aromatic rings. The Morgan fingerprint density at radius 3 is 2.67 bits per heavy atom. The Morgan fingerprint density at radius 2 is 1.96 bits per heavy atom. The highest BCUT2D eigenvalue weighted by molar-refractivity contribution is 6.00. The van der Waals surface area contributed by atoms with Gasteiger partial charge in [0, 0.05) is 11.8 Å². The van der Waals surface area contributed by atoms with Crippen molar-refractivity contribution >= 4 is 17.5 Å². The summed E-state index contributed by atoms with van der Waals surface area (Å²) in [5.74, 6) is -0.141. The van der Waals surface area contributed by atoms with E-state index in [1.54, 1.807) is 24.3 Å². The van der Waals surface area contributed by atoms with Crippen LogP contribution in [-0.2, 0) is 4.79 Å². The first-order valence-electron chi connectivity index (χ1n) is 7.95. The van der Waals surface area contributed by atoms with Crippen LogP contribution in [0.2, 0.25) is 0 Å². The summed E-state index contributed by atoms with van der Waals surface area (Å²) >= 11 is 0. The summed E-state index contributed by atoms with van der Waals surface area (Å²) in [4.78, 5) is 24.2. The molecule has 0 heterocycles. The molecular weight excluding hydrogens is 310 g/mol. The zero-order chi connectivity index (χ0) is 17.1. The predicted molar refractivity (Wildman–Crippen MR) is 87.0 cm³/mol. The molecule has 0 aromatic heterocycles. The van der Waals surface area contributed by atoms with Gasteiger partial charge >= 0.3 is 6.03 Å². The molecule has 0 aliphatic heterocycles. The van der Waals surface area contributed by atoms with Crippen LogP contribution >= 0.6 is 0 Å². The number of aliphatic hydroxyl groups is 1. The third-order valence-electron chi connectivity index (χ3n) is 4.52. The molecule has 1 saturated carbocycles. The van der Waals surface area contributed by atoms with E-state index in [2.05, 4.69) is 15.5 Å². The lowest BCUT2D eigenvalue weighted by Gasteiger charge is -2.23. The Balaban J connectivity index is 1.72. The van der Waals surface area contributed by atoms with Crippen molar-refractivity contribution in [1.29, 1.82) is 0 Å². The number of hydrogen-bond donors (Lipinski definition) is 2. The minimum absolute atomic E-state index is 0.0291. The number of para-hydroxylation sites is 2. The van der Waals surface area contributed by atoms with Crippen molar-refractivity contribution in [3.05, 3.63) is 35.7 Å². The SMILES string of the molecule is COc1ccccc1NC(=O)N=NC1=C(O)C2CCCCC2C1=O. The number of rotatable bonds is 3. The molecule has 0 spiro atoms. The second-order valence-electron chi connectivity index (χ2n) is 5.93. The van der Waals surface area contributed by atoms with Crippen LogP contribution in [0.25, 0.3) is 0 Å². The zero-order valence-corrected chi connectivity index (χ0v) is 13.4. The molecule has 24 heavy (non-hydrogen) atoms. The molecule has 1 aromatic carbocycles. The Morgan fingerprint density at radius 1 is 1.25 bits per heavy atom. The molecule has 2 aliphatic rings. The number of carbonyl (C=O) groups is 2. The average Bonchev–Trinajstić information content (AvgIpc) is 2.85. The van der Waals surface area contributed by atoms with Gasteiger partial charge in [-0.3, -0.25) is 4.79 Å². The molecule has 7 nitrogen and oxygen atoms in total. The van der Waals surface area contributed by atoms with E-state index in [0.29, 0.717) is 11.4 Å². The molecule has 2 amide bonds. The number of anilines is 1. The number of Topliss-reactive ketones (excluding diaryl/α,β-unsaturated/α-hetero) is 1. The fourth-order valence-corrected chi connectivity index (χ4v) is 3.33. The summed E-state index contributed by atoms with van der Waals surface area (Å²) in [7, 11) is 1.49. The zero-order valence-electron chi connectivity index (χ0n) is 13.4. The van der Waals surface area contributed by atoms with E-state index in [1.165, 1.54) is 7.11 Å². The maximum Gasteiger partial charge on any atom is 0.364 e. The third kappa shape index (κ3) is 3.02. The highest BCUT2D eigenvalue weighted by atomic mass is 16.5. The quantitative estimate of drug-likeness (QED) is 0.823. The van der Waals surface area contributed by atoms with Crippen molar-refractivity contribution in [3.8, 4) is 5.75 Å². The van der Waals surface area contributed by atoms with Crippen molar-refractivity contribution in [2.45, 2.75) is 25.7 Å². The number of benzene rings is 1. The predicted octanol–water partition coefficient (Wildman–Crippen LogP) is 3.84. The van der Waals surface area contributed by atoms with Crippen LogP contribution in [-0.4, -0.2) is 24.0 Å². The van der Waals surface area contributed by atoms with Crippen molar-refractivity contribution in [3.63, 3.8) is 0 Å². The molecule has 1 fully saturated rings.